The first kappa shape index (κ1) is 42.8. The van der Waals surface area contributed by atoms with Crippen molar-refractivity contribution in [1.29, 1.82) is 0 Å². The van der Waals surface area contributed by atoms with Crippen LogP contribution in [-0.4, -0.2) is 93.7 Å². The summed E-state index contributed by atoms with van der Waals surface area (Å²) < 4.78 is 28.2. The van der Waals surface area contributed by atoms with Crippen molar-refractivity contribution in [3.05, 3.63) is 94.3 Å². The molecule has 4 atom stereocenters. The molecule has 0 fully saturated rings. The number of aromatic nitrogens is 1. The normalized spacial score (nSPS) is 13.8. The number of pyridine rings is 1. The zero-order valence-corrected chi connectivity index (χ0v) is 33.0. The van der Waals surface area contributed by atoms with Crippen LogP contribution in [0.25, 0.3) is 0 Å². The van der Waals surface area contributed by atoms with Gasteiger partial charge in [0, 0.05) is 74.7 Å². The van der Waals surface area contributed by atoms with E-state index in [2.05, 4.69) is 31.6 Å². The molecule has 0 unspecified atom stereocenters. The van der Waals surface area contributed by atoms with Gasteiger partial charge in [-0.1, -0.05) is 43.6 Å². The van der Waals surface area contributed by atoms with Crippen LogP contribution >= 0.6 is 11.6 Å². The molecular formula is C37H51ClN8O6S. The fourth-order valence-electron chi connectivity index (χ4n) is 5.30. The maximum atomic E-state index is 14.0. The number of anilines is 1. The number of nitrogens with zero attached hydrogens (tertiary/aromatic N) is 3. The first-order chi connectivity index (χ1) is 24.9. The summed E-state index contributed by atoms with van der Waals surface area (Å²) in [6, 6.07) is 14.1. The number of hydrogen-bond donors (Lipinski definition) is 5. The van der Waals surface area contributed by atoms with Gasteiger partial charge >= 0.3 is 10.2 Å². The van der Waals surface area contributed by atoms with E-state index < -0.39 is 52.1 Å². The van der Waals surface area contributed by atoms with Crippen LogP contribution in [0.1, 0.15) is 72.6 Å². The van der Waals surface area contributed by atoms with Gasteiger partial charge in [0.1, 0.15) is 6.04 Å². The van der Waals surface area contributed by atoms with Gasteiger partial charge in [0.2, 0.25) is 11.8 Å². The molecule has 0 bridgehead atoms. The highest BCUT2D eigenvalue weighted by molar-refractivity contribution is 7.90. The van der Waals surface area contributed by atoms with Crippen LogP contribution in [0.15, 0.2) is 66.9 Å². The number of likely N-dealkylation sites (N-methyl/N-ethyl adjacent to an activating group) is 1. The van der Waals surface area contributed by atoms with E-state index in [1.54, 1.807) is 57.3 Å². The summed E-state index contributed by atoms with van der Waals surface area (Å²) in [6.07, 6.45) is 1.91. The molecule has 0 radical (unpaired) electrons. The van der Waals surface area contributed by atoms with E-state index in [1.807, 2.05) is 26.0 Å². The van der Waals surface area contributed by atoms with Crippen molar-refractivity contribution in [3.8, 4) is 0 Å². The van der Waals surface area contributed by atoms with Crippen molar-refractivity contribution >= 4 is 51.1 Å². The number of hydrogen-bond acceptors (Lipinski definition) is 8. The monoisotopic (exact) mass is 770 g/mol. The molecule has 0 aliphatic heterocycles. The van der Waals surface area contributed by atoms with E-state index in [-0.39, 0.29) is 41.6 Å². The lowest BCUT2D eigenvalue weighted by molar-refractivity contribution is -0.130. The molecule has 2 aromatic carbocycles. The fraction of sp³-hybridized carbons (Fsp3) is 0.432. The third-order valence-electron chi connectivity index (χ3n) is 8.49. The van der Waals surface area contributed by atoms with Gasteiger partial charge in [0.25, 0.3) is 11.8 Å². The lowest BCUT2D eigenvalue weighted by Gasteiger charge is -2.26. The van der Waals surface area contributed by atoms with Crippen molar-refractivity contribution in [2.75, 3.05) is 38.5 Å². The van der Waals surface area contributed by atoms with Crippen LogP contribution < -0.4 is 30.9 Å². The predicted octanol–water partition coefficient (Wildman–Crippen LogP) is 3.06. The maximum absolute atomic E-state index is 14.0. The Hall–Kier alpha value is -4.57. The minimum Gasteiger partial charge on any atom is -0.355 e. The summed E-state index contributed by atoms with van der Waals surface area (Å²) in [5, 5.41) is 15.1. The third kappa shape index (κ3) is 12.2. The lowest BCUT2D eigenvalue weighted by Crippen LogP contribution is -2.55. The Balaban J connectivity index is 1.92. The van der Waals surface area contributed by atoms with E-state index in [9.17, 15) is 27.6 Å². The Morgan fingerprint density at radius 1 is 0.830 bits per heavy atom. The zero-order chi connectivity index (χ0) is 39.5. The van der Waals surface area contributed by atoms with Gasteiger partial charge in [0.05, 0.1) is 17.8 Å². The fourth-order valence-corrected chi connectivity index (χ4v) is 6.36. The van der Waals surface area contributed by atoms with Crippen molar-refractivity contribution in [2.45, 2.75) is 65.2 Å². The molecule has 3 aromatic rings. The second-order valence-corrected chi connectivity index (χ2v) is 15.8. The summed E-state index contributed by atoms with van der Waals surface area (Å²) in [7, 11) is 0.0947. The number of halogens is 1. The highest BCUT2D eigenvalue weighted by atomic mass is 35.5. The molecule has 1 heterocycles. The summed E-state index contributed by atoms with van der Waals surface area (Å²) in [4.78, 5) is 57.7. The van der Waals surface area contributed by atoms with Gasteiger partial charge in [0.15, 0.2) is 0 Å². The first-order valence-corrected chi connectivity index (χ1v) is 19.1. The largest absolute Gasteiger partial charge is 0.355 e. The second kappa shape index (κ2) is 19.5. The van der Waals surface area contributed by atoms with Gasteiger partial charge in [-0.2, -0.15) is 12.7 Å². The van der Waals surface area contributed by atoms with Crippen LogP contribution in [0, 0.1) is 5.92 Å². The summed E-state index contributed by atoms with van der Waals surface area (Å²) >= 11 is 6.16. The molecule has 3 rings (SSSR count). The third-order valence-corrected chi connectivity index (χ3v) is 10.5. The lowest BCUT2D eigenvalue weighted by atomic mass is 10.0. The number of amides is 4. The molecule has 53 heavy (non-hydrogen) atoms. The predicted molar refractivity (Wildman–Crippen MR) is 207 cm³/mol. The Morgan fingerprint density at radius 3 is 2.06 bits per heavy atom. The van der Waals surface area contributed by atoms with Crippen molar-refractivity contribution in [1.82, 2.24) is 35.9 Å². The quantitative estimate of drug-likeness (QED) is 0.131. The van der Waals surface area contributed by atoms with E-state index in [0.717, 1.165) is 14.2 Å². The van der Waals surface area contributed by atoms with E-state index in [4.69, 9.17) is 11.6 Å². The standard InChI is InChI=1S/C37H51ClN8O6S/c1-9-39-37(50)33(23(2)3)44-34(47)25(5)41-22-31(21-30-15-10-11-16-40-30)43-36(49)28-17-27(19-32(20-28)46(8)53(51,52)45(6)7)35(48)42-24(4)26-13-12-14-29(38)18-26/h10-20,23-25,31,33,41H,9,21-22H2,1-8H3,(H,39,50)(H,42,48)(H,43,49)(H,44,47)/t24-,25+,31+,33+/m1/s1. The van der Waals surface area contributed by atoms with Crippen LogP contribution in [0.4, 0.5) is 5.69 Å². The van der Waals surface area contributed by atoms with Gasteiger partial charge in [-0.3, -0.25) is 28.5 Å². The molecule has 1 aromatic heterocycles. The van der Waals surface area contributed by atoms with E-state index >= 15 is 0 Å². The number of rotatable bonds is 18. The molecule has 16 heteroatoms. The molecule has 0 aliphatic carbocycles. The number of carbonyl (C=O) groups is 4. The van der Waals surface area contributed by atoms with Crippen LogP contribution in [0.2, 0.25) is 5.02 Å². The molecule has 0 spiro atoms. The highest BCUT2D eigenvalue weighted by Gasteiger charge is 2.28. The van der Waals surface area contributed by atoms with Crippen molar-refractivity contribution in [3.63, 3.8) is 0 Å². The first-order valence-electron chi connectivity index (χ1n) is 17.3. The van der Waals surface area contributed by atoms with Gasteiger partial charge in [-0.05, 0) is 74.7 Å². The molecule has 0 saturated heterocycles. The SMILES string of the molecule is CCNC(=O)[C@@H](NC(=O)[C@H](C)NC[C@H](Cc1ccccn1)NC(=O)c1cc(C(=O)N[C@H](C)c2cccc(Cl)c2)cc(N(C)S(=O)(=O)N(C)C)c1)C(C)C. The highest BCUT2D eigenvalue weighted by Crippen LogP contribution is 2.24. The summed E-state index contributed by atoms with van der Waals surface area (Å²) in [6.45, 7) is 9.48. The molecule has 288 valence electrons. The average molecular weight is 771 g/mol. The van der Waals surface area contributed by atoms with Crippen molar-refractivity contribution in [2.24, 2.45) is 5.92 Å². The number of benzene rings is 2. The van der Waals surface area contributed by atoms with Gasteiger partial charge < -0.3 is 26.6 Å². The Morgan fingerprint density at radius 2 is 1.49 bits per heavy atom. The van der Waals surface area contributed by atoms with Crippen LogP contribution in [0.5, 0.6) is 0 Å². The van der Waals surface area contributed by atoms with Crippen LogP contribution in [0.3, 0.4) is 0 Å². The topological polar surface area (TPSA) is 182 Å². The molecular weight excluding hydrogens is 720 g/mol. The summed E-state index contributed by atoms with van der Waals surface area (Å²) in [5.41, 5.74) is 1.60. The Kier molecular flexibility index (Phi) is 15.8. The number of carbonyl (C=O) groups excluding carboxylic acids is 4. The van der Waals surface area contributed by atoms with Crippen LogP contribution in [-0.2, 0) is 26.2 Å². The second-order valence-electron chi connectivity index (χ2n) is 13.2. The number of nitrogens with one attached hydrogen (secondary N) is 5. The Bertz CT molecular complexity index is 1840. The maximum Gasteiger partial charge on any atom is 0.303 e. The average Bonchev–Trinajstić information content (AvgIpc) is 3.12. The van der Waals surface area contributed by atoms with Crippen molar-refractivity contribution < 1.29 is 27.6 Å². The summed E-state index contributed by atoms with van der Waals surface area (Å²) in [5.74, 6) is -1.94. The van der Waals surface area contributed by atoms with E-state index in [0.29, 0.717) is 17.3 Å². The van der Waals surface area contributed by atoms with E-state index in [1.165, 1.54) is 39.3 Å². The smallest absolute Gasteiger partial charge is 0.303 e. The minimum atomic E-state index is -3.99. The van der Waals surface area contributed by atoms with Gasteiger partial charge in [-0.25, -0.2) is 0 Å². The molecule has 4 amide bonds. The molecule has 0 saturated carbocycles. The molecule has 0 aliphatic rings. The molecule has 5 N–H and O–H groups in total. The minimum absolute atomic E-state index is 0.0300. The zero-order valence-electron chi connectivity index (χ0n) is 31.4. The molecule has 14 nitrogen and oxygen atoms in total. The van der Waals surface area contributed by atoms with Gasteiger partial charge in [-0.15, -0.1) is 0 Å². The Labute approximate surface area is 317 Å².